The SMILES string of the molecule is C=C1C(=O)[C@@]23[C@@H]4OC5O[C@@]2(O)[C@@H](O)[C@@H]2C(C)(C)CCC[C@]52[C@H]3[C@@H](OC(C)=O)C[C@@H]14. The first kappa shape index (κ1) is 18.5. The third kappa shape index (κ3) is 1.61. The molecule has 0 aromatic rings. The summed E-state index contributed by atoms with van der Waals surface area (Å²) in [6, 6.07) is 0. The molecule has 7 heteroatoms. The van der Waals surface area contributed by atoms with Crippen molar-refractivity contribution < 1.29 is 34.0 Å². The molecule has 2 N–H and O–H groups in total. The fourth-order valence-corrected chi connectivity index (χ4v) is 8.79. The van der Waals surface area contributed by atoms with Gasteiger partial charge in [0.15, 0.2) is 12.1 Å². The number of aliphatic hydroxyl groups excluding tert-OH is 1. The summed E-state index contributed by atoms with van der Waals surface area (Å²) in [6.07, 6.45) is -0.170. The molecule has 2 spiro atoms. The molecule has 4 aliphatic carbocycles. The van der Waals surface area contributed by atoms with E-state index in [1.807, 2.05) is 0 Å². The van der Waals surface area contributed by atoms with Crippen molar-refractivity contribution in [2.45, 2.75) is 76.8 Å². The van der Waals surface area contributed by atoms with Gasteiger partial charge in [0, 0.05) is 30.1 Å². The molecule has 4 aliphatic heterocycles. The predicted octanol–water partition coefficient (Wildman–Crippen LogP) is 1.31. The number of carbonyl (C=O) groups is 2. The van der Waals surface area contributed by atoms with Crippen LogP contribution in [-0.4, -0.2) is 52.4 Å². The van der Waals surface area contributed by atoms with Crippen LogP contribution < -0.4 is 0 Å². The van der Waals surface area contributed by atoms with Gasteiger partial charge in [-0.3, -0.25) is 9.59 Å². The second-order valence-electron chi connectivity index (χ2n) is 10.8. The number of aliphatic hydroxyl groups is 2. The van der Waals surface area contributed by atoms with Crippen LogP contribution in [0.4, 0.5) is 0 Å². The van der Waals surface area contributed by atoms with Crippen molar-refractivity contribution in [2.24, 2.45) is 34.0 Å². The highest BCUT2D eigenvalue weighted by Crippen LogP contribution is 2.81. The van der Waals surface area contributed by atoms with E-state index in [9.17, 15) is 19.8 Å². The zero-order valence-electron chi connectivity index (χ0n) is 17.0. The van der Waals surface area contributed by atoms with Crippen molar-refractivity contribution in [3.05, 3.63) is 12.2 Å². The minimum absolute atomic E-state index is 0.290. The highest BCUT2D eigenvalue weighted by atomic mass is 16.8. The standard InChI is InChI=1S/C22H28O7/c1-9-11-8-12(27-10(2)23)13-20-7-5-6-19(3,4)14(20)16(25)22(26)21(13,15(9)24)17(11)28-18(20)29-22/h11-14,16-18,25-26H,1,5-8H2,2-4H3/t11-,12-,13+,14+,16-,17+,18?,20+,21-,22-/m0/s1. The van der Waals surface area contributed by atoms with Gasteiger partial charge in [-0.1, -0.05) is 26.8 Å². The molecule has 1 unspecified atom stereocenters. The van der Waals surface area contributed by atoms with E-state index >= 15 is 0 Å². The predicted molar refractivity (Wildman–Crippen MR) is 98.0 cm³/mol. The molecular weight excluding hydrogens is 376 g/mol. The highest BCUT2D eigenvalue weighted by molar-refractivity contribution is 6.05. The fraction of sp³-hybridized carbons (Fsp3) is 0.818. The Kier molecular flexibility index (Phi) is 3.16. The first-order chi connectivity index (χ1) is 13.5. The number of ether oxygens (including phenoxy) is 3. The number of carbonyl (C=O) groups excluding carboxylic acids is 2. The van der Waals surface area contributed by atoms with E-state index in [0.29, 0.717) is 18.4 Å². The molecule has 0 amide bonds. The summed E-state index contributed by atoms with van der Waals surface area (Å²) in [5, 5.41) is 23.4. The first-order valence-corrected chi connectivity index (χ1v) is 10.7. The molecule has 10 atom stereocenters. The Morgan fingerprint density at radius 3 is 2.69 bits per heavy atom. The fourth-order valence-electron chi connectivity index (χ4n) is 8.79. The summed E-state index contributed by atoms with van der Waals surface area (Å²) in [4.78, 5) is 25.7. The van der Waals surface area contributed by atoms with E-state index in [2.05, 4.69) is 20.4 Å². The second-order valence-corrected chi connectivity index (χ2v) is 10.8. The van der Waals surface area contributed by atoms with Crippen molar-refractivity contribution >= 4 is 11.8 Å². The number of Topliss-reactive ketones (excluding diaryl/α,β-unsaturated/α-hetero) is 1. The van der Waals surface area contributed by atoms with Crippen LogP contribution in [-0.2, 0) is 23.8 Å². The van der Waals surface area contributed by atoms with Gasteiger partial charge < -0.3 is 24.4 Å². The third-order valence-corrected chi connectivity index (χ3v) is 9.33. The van der Waals surface area contributed by atoms with Gasteiger partial charge in [0.05, 0.1) is 6.10 Å². The lowest BCUT2D eigenvalue weighted by Crippen LogP contribution is -2.91. The van der Waals surface area contributed by atoms with Crippen LogP contribution in [0.1, 0.15) is 46.5 Å². The van der Waals surface area contributed by atoms with E-state index in [1.54, 1.807) is 0 Å². The molecule has 0 radical (unpaired) electrons. The second kappa shape index (κ2) is 4.96. The van der Waals surface area contributed by atoms with Crippen molar-refractivity contribution in [3.8, 4) is 0 Å². The zero-order chi connectivity index (χ0) is 20.7. The first-order valence-electron chi connectivity index (χ1n) is 10.7. The molecule has 4 heterocycles. The van der Waals surface area contributed by atoms with Gasteiger partial charge in [-0.25, -0.2) is 0 Å². The largest absolute Gasteiger partial charge is 0.462 e. The molecule has 0 aromatic heterocycles. The molecule has 8 rings (SSSR count). The summed E-state index contributed by atoms with van der Waals surface area (Å²) in [5.74, 6) is -3.92. The minimum Gasteiger partial charge on any atom is -0.462 e. The molecular formula is C22H28O7. The van der Waals surface area contributed by atoms with Gasteiger partial charge in [-0.15, -0.1) is 0 Å². The Labute approximate surface area is 169 Å². The summed E-state index contributed by atoms with van der Waals surface area (Å²) in [6.45, 7) is 9.58. The van der Waals surface area contributed by atoms with Crippen LogP contribution in [0.2, 0.25) is 0 Å². The van der Waals surface area contributed by atoms with Crippen LogP contribution in [0, 0.1) is 34.0 Å². The number of rotatable bonds is 1. The van der Waals surface area contributed by atoms with E-state index in [1.165, 1.54) is 6.92 Å². The maximum Gasteiger partial charge on any atom is 0.302 e. The highest BCUT2D eigenvalue weighted by Gasteiger charge is 2.93. The summed E-state index contributed by atoms with van der Waals surface area (Å²) >= 11 is 0. The average Bonchev–Trinajstić information content (AvgIpc) is 2.76. The van der Waals surface area contributed by atoms with Gasteiger partial charge in [-0.05, 0) is 30.3 Å². The van der Waals surface area contributed by atoms with Crippen LogP contribution in [0.25, 0.3) is 0 Å². The number of ketones is 1. The van der Waals surface area contributed by atoms with Crippen LogP contribution in [0.5, 0.6) is 0 Å². The van der Waals surface area contributed by atoms with Crippen molar-refractivity contribution in [1.29, 1.82) is 0 Å². The Hall–Kier alpha value is -1.28. The monoisotopic (exact) mass is 404 g/mol. The molecule has 0 aromatic carbocycles. The van der Waals surface area contributed by atoms with E-state index in [4.69, 9.17) is 14.2 Å². The smallest absolute Gasteiger partial charge is 0.302 e. The lowest BCUT2D eigenvalue weighted by molar-refractivity contribution is -0.554. The van der Waals surface area contributed by atoms with Gasteiger partial charge in [-0.2, -0.15) is 0 Å². The van der Waals surface area contributed by atoms with Crippen LogP contribution in [0.15, 0.2) is 12.2 Å². The molecule has 4 saturated heterocycles. The third-order valence-electron chi connectivity index (χ3n) is 9.33. The van der Waals surface area contributed by atoms with E-state index in [0.717, 1.165) is 12.8 Å². The maximum absolute atomic E-state index is 13.7. The Balaban J connectivity index is 1.67. The summed E-state index contributed by atoms with van der Waals surface area (Å²) in [7, 11) is 0. The van der Waals surface area contributed by atoms with Crippen LogP contribution in [0.3, 0.4) is 0 Å². The lowest BCUT2D eigenvalue weighted by Gasteiger charge is -2.79. The Morgan fingerprint density at radius 2 is 2.00 bits per heavy atom. The van der Waals surface area contributed by atoms with Gasteiger partial charge >= 0.3 is 5.97 Å². The molecule has 7 bridgehead atoms. The van der Waals surface area contributed by atoms with Crippen LogP contribution >= 0.6 is 0 Å². The normalized spacial score (nSPS) is 58.3. The van der Waals surface area contributed by atoms with Gasteiger partial charge in [0.25, 0.3) is 0 Å². The molecule has 8 aliphatic rings. The van der Waals surface area contributed by atoms with Gasteiger partial charge in [0.1, 0.15) is 17.6 Å². The zero-order valence-corrected chi connectivity index (χ0v) is 17.0. The maximum atomic E-state index is 13.7. The number of esters is 1. The van der Waals surface area contributed by atoms with Gasteiger partial charge in [0.2, 0.25) is 5.79 Å². The average molecular weight is 404 g/mol. The van der Waals surface area contributed by atoms with Crippen molar-refractivity contribution in [2.75, 3.05) is 0 Å². The molecule has 158 valence electrons. The topological polar surface area (TPSA) is 102 Å². The number of hydrogen-bond acceptors (Lipinski definition) is 7. The molecule has 29 heavy (non-hydrogen) atoms. The Morgan fingerprint density at radius 1 is 1.28 bits per heavy atom. The quantitative estimate of drug-likeness (QED) is 0.502. The van der Waals surface area contributed by atoms with E-state index < -0.39 is 53.1 Å². The molecule has 4 saturated carbocycles. The summed E-state index contributed by atoms with van der Waals surface area (Å²) < 4.78 is 18.3. The Bertz CT molecular complexity index is 865. The lowest BCUT2D eigenvalue weighted by atomic mass is 9.34. The molecule has 7 nitrogen and oxygen atoms in total. The number of hydrogen-bond donors (Lipinski definition) is 2. The van der Waals surface area contributed by atoms with E-state index in [-0.39, 0.29) is 23.0 Å². The van der Waals surface area contributed by atoms with Crippen molar-refractivity contribution in [3.63, 3.8) is 0 Å². The summed E-state index contributed by atoms with van der Waals surface area (Å²) in [5.41, 5.74) is -2.09. The molecule has 8 fully saturated rings. The van der Waals surface area contributed by atoms with Crippen molar-refractivity contribution in [1.82, 2.24) is 0 Å². The minimum atomic E-state index is -2.07.